The van der Waals surface area contributed by atoms with Crippen LogP contribution >= 0.6 is 0 Å². The Labute approximate surface area is 143 Å². The number of amides is 1. The Morgan fingerprint density at radius 2 is 1.67 bits per heavy atom. The number of carbonyl (C=O) groups is 1. The van der Waals surface area contributed by atoms with Crippen LogP contribution in [0.25, 0.3) is 6.08 Å². The standard InChI is InChI=1S/C19H25NO4/c1-22-16-12-11-15(18(23-2)19(16)24-3)9-5-6-10-17(21)20-13-7-4-8-14-20/h5-6,9-12H,4,7-8,13-14H2,1-3H3/b9-5+,10-6+. The van der Waals surface area contributed by atoms with Crippen LogP contribution in [0.4, 0.5) is 0 Å². The average Bonchev–Trinajstić information content (AvgIpc) is 2.64. The Kier molecular flexibility index (Phi) is 6.73. The van der Waals surface area contributed by atoms with Crippen molar-refractivity contribution in [2.24, 2.45) is 0 Å². The zero-order chi connectivity index (χ0) is 17.4. The molecule has 0 aliphatic carbocycles. The summed E-state index contributed by atoms with van der Waals surface area (Å²) in [6, 6.07) is 3.71. The topological polar surface area (TPSA) is 48.0 Å². The van der Waals surface area contributed by atoms with Gasteiger partial charge in [-0.25, -0.2) is 0 Å². The number of hydrogen-bond donors (Lipinski definition) is 0. The fourth-order valence-electron chi connectivity index (χ4n) is 2.77. The second kappa shape index (κ2) is 9.01. The third kappa shape index (κ3) is 4.31. The van der Waals surface area contributed by atoms with Gasteiger partial charge in [0.2, 0.25) is 11.7 Å². The number of hydrogen-bond acceptors (Lipinski definition) is 4. The predicted molar refractivity (Wildman–Crippen MR) is 94.7 cm³/mol. The number of nitrogens with zero attached hydrogens (tertiary/aromatic N) is 1. The fraction of sp³-hybridized carbons (Fsp3) is 0.421. The summed E-state index contributed by atoms with van der Waals surface area (Å²) >= 11 is 0. The Morgan fingerprint density at radius 3 is 2.29 bits per heavy atom. The van der Waals surface area contributed by atoms with Crippen molar-refractivity contribution in [3.63, 3.8) is 0 Å². The molecular weight excluding hydrogens is 306 g/mol. The lowest BCUT2D eigenvalue weighted by atomic mass is 10.1. The van der Waals surface area contributed by atoms with Gasteiger partial charge in [0.25, 0.3) is 0 Å². The number of likely N-dealkylation sites (tertiary alicyclic amines) is 1. The zero-order valence-corrected chi connectivity index (χ0v) is 14.6. The molecule has 1 aliphatic rings. The van der Waals surface area contributed by atoms with E-state index < -0.39 is 0 Å². The van der Waals surface area contributed by atoms with Crippen molar-refractivity contribution in [3.8, 4) is 17.2 Å². The Morgan fingerprint density at radius 1 is 0.958 bits per heavy atom. The molecular formula is C19H25NO4. The number of benzene rings is 1. The number of ether oxygens (including phenoxy) is 3. The van der Waals surface area contributed by atoms with E-state index in [1.165, 1.54) is 6.42 Å². The number of carbonyl (C=O) groups excluding carboxylic acids is 1. The maximum atomic E-state index is 12.1. The molecule has 0 N–H and O–H groups in total. The van der Waals surface area contributed by atoms with Gasteiger partial charge >= 0.3 is 0 Å². The Bertz CT molecular complexity index is 616. The maximum Gasteiger partial charge on any atom is 0.246 e. The molecule has 1 fully saturated rings. The van der Waals surface area contributed by atoms with Crippen LogP contribution in [-0.2, 0) is 4.79 Å². The van der Waals surface area contributed by atoms with E-state index in [4.69, 9.17) is 14.2 Å². The van der Waals surface area contributed by atoms with E-state index in [1.807, 2.05) is 29.2 Å². The molecule has 5 nitrogen and oxygen atoms in total. The van der Waals surface area contributed by atoms with Crippen LogP contribution in [0.1, 0.15) is 24.8 Å². The van der Waals surface area contributed by atoms with Gasteiger partial charge in [0.05, 0.1) is 21.3 Å². The quantitative estimate of drug-likeness (QED) is 0.593. The highest BCUT2D eigenvalue weighted by Gasteiger charge is 2.14. The second-order valence-corrected chi connectivity index (χ2v) is 5.53. The van der Waals surface area contributed by atoms with E-state index in [1.54, 1.807) is 33.5 Å². The third-order valence-electron chi connectivity index (χ3n) is 4.03. The molecule has 0 spiro atoms. The third-order valence-corrected chi connectivity index (χ3v) is 4.03. The summed E-state index contributed by atoms with van der Waals surface area (Å²) < 4.78 is 16.1. The normalized spacial score (nSPS) is 15.0. The van der Waals surface area contributed by atoms with Gasteiger partial charge in [0.1, 0.15) is 0 Å². The molecule has 5 heteroatoms. The molecule has 24 heavy (non-hydrogen) atoms. The van der Waals surface area contributed by atoms with Gasteiger partial charge in [-0.15, -0.1) is 0 Å². The smallest absolute Gasteiger partial charge is 0.246 e. The number of piperidine rings is 1. The van der Waals surface area contributed by atoms with Gasteiger partial charge in [0.15, 0.2) is 11.5 Å². The molecule has 1 aromatic rings. The molecule has 0 aromatic heterocycles. The first-order valence-corrected chi connectivity index (χ1v) is 8.14. The monoisotopic (exact) mass is 331 g/mol. The fourth-order valence-corrected chi connectivity index (χ4v) is 2.77. The average molecular weight is 331 g/mol. The van der Waals surface area contributed by atoms with Crippen LogP contribution < -0.4 is 14.2 Å². The minimum absolute atomic E-state index is 0.0682. The number of allylic oxidation sites excluding steroid dienone is 2. The molecule has 1 aromatic carbocycles. The summed E-state index contributed by atoms with van der Waals surface area (Å²) in [6.07, 6.45) is 10.5. The van der Waals surface area contributed by atoms with Gasteiger partial charge in [-0.2, -0.15) is 0 Å². The second-order valence-electron chi connectivity index (χ2n) is 5.53. The van der Waals surface area contributed by atoms with Crippen LogP contribution in [0, 0.1) is 0 Å². The lowest BCUT2D eigenvalue weighted by Gasteiger charge is -2.25. The summed E-state index contributed by atoms with van der Waals surface area (Å²) in [5.74, 6) is 1.83. The van der Waals surface area contributed by atoms with Gasteiger partial charge in [-0.05, 0) is 31.4 Å². The van der Waals surface area contributed by atoms with E-state index in [0.29, 0.717) is 17.2 Å². The summed E-state index contributed by atoms with van der Waals surface area (Å²) in [5, 5.41) is 0. The molecule has 0 atom stereocenters. The van der Waals surface area contributed by atoms with Crippen molar-refractivity contribution in [1.29, 1.82) is 0 Å². The van der Waals surface area contributed by atoms with Crippen LogP contribution in [0.5, 0.6) is 17.2 Å². The largest absolute Gasteiger partial charge is 0.493 e. The van der Waals surface area contributed by atoms with E-state index in [2.05, 4.69) is 0 Å². The lowest BCUT2D eigenvalue weighted by molar-refractivity contribution is -0.126. The maximum absolute atomic E-state index is 12.1. The molecule has 0 radical (unpaired) electrons. The molecule has 1 amide bonds. The minimum Gasteiger partial charge on any atom is -0.493 e. The zero-order valence-electron chi connectivity index (χ0n) is 14.6. The molecule has 1 saturated heterocycles. The van der Waals surface area contributed by atoms with Crippen molar-refractivity contribution in [1.82, 2.24) is 4.90 Å². The first-order valence-electron chi connectivity index (χ1n) is 8.14. The van der Waals surface area contributed by atoms with E-state index in [0.717, 1.165) is 31.5 Å². The van der Waals surface area contributed by atoms with Gasteiger partial charge in [-0.3, -0.25) is 4.79 Å². The molecule has 0 unspecified atom stereocenters. The first kappa shape index (κ1) is 17.9. The highest BCUT2D eigenvalue weighted by atomic mass is 16.5. The van der Waals surface area contributed by atoms with Gasteiger partial charge < -0.3 is 19.1 Å². The number of rotatable bonds is 6. The molecule has 130 valence electrons. The highest BCUT2D eigenvalue weighted by Crippen LogP contribution is 2.40. The van der Waals surface area contributed by atoms with Crippen molar-refractivity contribution >= 4 is 12.0 Å². The number of methoxy groups -OCH3 is 3. The van der Waals surface area contributed by atoms with Crippen LogP contribution in [0.3, 0.4) is 0 Å². The summed E-state index contributed by atoms with van der Waals surface area (Å²) in [7, 11) is 4.75. The molecule has 2 rings (SSSR count). The predicted octanol–water partition coefficient (Wildman–Crippen LogP) is 3.29. The van der Waals surface area contributed by atoms with Crippen molar-refractivity contribution in [3.05, 3.63) is 35.9 Å². The summed E-state index contributed by atoms with van der Waals surface area (Å²) in [4.78, 5) is 14.0. The van der Waals surface area contributed by atoms with Gasteiger partial charge in [-0.1, -0.05) is 18.2 Å². The molecule has 1 heterocycles. The first-order chi connectivity index (χ1) is 11.7. The summed E-state index contributed by atoms with van der Waals surface area (Å²) in [6.45, 7) is 1.72. The molecule has 1 aliphatic heterocycles. The van der Waals surface area contributed by atoms with E-state index in [9.17, 15) is 4.79 Å². The molecule has 0 saturated carbocycles. The SMILES string of the molecule is COc1ccc(/C=C/C=C/C(=O)N2CCCCC2)c(OC)c1OC. The van der Waals surface area contributed by atoms with E-state index in [-0.39, 0.29) is 5.91 Å². The Balaban J connectivity index is 2.08. The highest BCUT2D eigenvalue weighted by molar-refractivity contribution is 5.88. The minimum atomic E-state index is 0.0682. The van der Waals surface area contributed by atoms with Crippen molar-refractivity contribution in [2.45, 2.75) is 19.3 Å². The van der Waals surface area contributed by atoms with Crippen LogP contribution in [-0.4, -0.2) is 45.2 Å². The van der Waals surface area contributed by atoms with Gasteiger partial charge in [0, 0.05) is 24.7 Å². The van der Waals surface area contributed by atoms with Crippen molar-refractivity contribution in [2.75, 3.05) is 34.4 Å². The van der Waals surface area contributed by atoms with E-state index >= 15 is 0 Å². The van der Waals surface area contributed by atoms with Crippen LogP contribution in [0.2, 0.25) is 0 Å². The van der Waals surface area contributed by atoms with Crippen molar-refractivity contribution < 1.29 is 19.0 Å². The summed E-state index contributed by atoms with van der Waals surface area (Å²) in [5.41, 5.74) is 0.852. The van der Waals surface area contributed by atoms with Crippen LogP contribution in [0.15, 0.2) is 30.4 Å². The molecule has 0 bridgehead atoms. The lowest BCUT2D eigenvalue weighted by Crippen LogP contribution is -2.34. The Hall–Kier alpha value is -2.43.